The zero-order chi connectivity index (χ0) is 18.7. The van der Waals surface area contributed by atoms with Gasteiger partial charge in [0, 0.05) is 30.8 Å². The van der Waals surface area contributed by atoms with Crippen LogP contribution in [0.3, 0.4) is 0 Å². The molecule has 5 nitrogen and oxygen atoms in total. The Balaban J connectivity index is 1.66. The number of aryl methyl sites for hydroxylation is 1. The van der Waals surface area contributed by atoms with Gasteiger partial charge in [0.15, 0.2) is 0 Å². The monoisotopic (exact) mass is 352 g/mol. The van der Waals surface area contributed by atoms with E-state index in [9.17, 15) is 9.59 Å². The number of nitrogens with zero attached hydrogens (tertiary/aromatic N) is 1. The first kappa shape index (κ1) is 18.0. The minimum absolute atomic E-state index is 0.00357. The summed E-state index contributed by atoms with van der Waals surface area (Å²) < 4.78 is 5.31. The van der Waals surface area contributed by atoms with Crippen LogP contribution in [0.15, 0.2) is 42.5 Å². The van der Waals surface area contributed by atoms with E-state index in [1.807, 2.05) is 56.3 Å². The standard InChI is InChI=1S/C21H24N2O3/c1-14-7-6-9-18(15(14)2)23-13-17(11-20(23)24)21(25)22-12-16-8-4-5-10-19(16)26-3/h4-10,17H,11-13H2,1-3H3,(H,22,25)/t17-/m0/s1. The number of hydrogen-bond donors (Lipinski definition) is 1. The second-order valence-corrected chi connectivity index (χ2v) is 6.65. The number of hydrogen-bond acceptors (Lipinski definition) is 3. The first-order valence-electron chi connectivity index (χ1n) is 8.77. The van der Waals surface area contributed by atoms with Crippen molar-refractivity contribution in [2.75, 3.05) is 18.6 Å². The Bertz CT molecular complexity index is 832. The van der Waals surface area contributed by atoms with E-state index in [1.165, 1.54) is 0 Å². The minimum atomic E-state index is -0.336. The van der Waals surface area contributed by atoms with Crippen molar-refractivity contribution >= 4 is 17.5 Å². The van der Waals surface area contributed by atoms with Crippen LogP contribution in [-0.2, 0) is 16.1 Å². The zero-order valence-electron chi connectivity index (χ0n) is 15.4. The van der Waals surface area contributed by atoms with Crippen LogP contribution in [0, 0.1) is 19.8 Å². The summed E-state index contributed by atoms with van der Waals surface area (Å²) in [5.74, 6) is 0.303. The smallest absolute Gasteiger partial charge is 0.227 e. The zero-order valence-corrected chi connectivity index (χ0v) is 15.4. The number of carbonyl (C=O) groups is 2. The van der Waals surface area contributed by atoms with Crippen molar-refractivity contribution in [3.05, 3.63) is 59.2 Å². The minimum Gasteiger partial charge on any atom is -0.496 e. The summed E-state index contributed by atoms with van der Waals surface area (Å²) in [6.07, 6.45) is 0.241. The molecule has 2 aromatic rings. The maximum atomic E-state index is 12.6. The maximum absolute atomic E-state index is 12.6. The van der Waals surface area contributed by atoms with Crippen LogP contribution in [0.4, 0.5) is 5.69 Å². The molecule has 2 amide bonds. The van der Waals surface area contributed by atoms with Gasteiger partial charge in [-0.3, -0.25) is 9.59 Å². The van der Waals surface area contributed by atoms with Gasteiger partial charge in [-0.15, -0.1) is 0 Å². The van der Waals surface area contributed by atoms with Crippen molar-refractivity contribution in [1.29, 1.82) is 0 Å². The van der Waals surface area contributed by atoms with Gasteiger partial charge in [-0.05, 0) is 37.1 Å². The number of anilines is 1. The summed E-state index contributed by atoms with van der Waals surface area (Å²) in [6, 6.07) is 13.5. The van der Waals surface area contributed by atoms with Gasteiger partial charge in [0.2, 0.25) is 11.8 Å². The highest BCUT2D eigenvalue weighted by Crippen LogP contribution is 2.29. The molecule has 0 spiro atoms. The highest BCUT2D eigenvalue weighted by Gasteiger charge is 2.35. The van der Waals surface area contributed by atoms with E-state index in [0.29, 0.717) is 13.1 Å². The third-order valence-electron chi connectivity index (χ3n) is 5.01. The lowest BCUT2D eigenvalue weighted by Gasteiger charge is -2.20. The van der Waals surface area contributed by atoms with E-state index < -0.39 is 0 Å². The second kappa shape index (κ2) is 7.60. The molecule has 5 heteroatoms. The van der Waals surface area contributed by atoms with Crippen molar-refractivity contribution in [2.45, 2.75) is 26.8 Å². The molecule has 0 bridgehead atoms. The van der Waals surface area contributed by atoms with Crippen molar-refractivity contribution in [3.8, 4) is 5.75 Å². The first-order chi connectivity index (χ1) is 12.5. The van der Waals surface area contributed by atoms with Gasteiger partial charge in [0.05, 0.1) is 13.0 Å². The van der Waals surface area contributed by atoms with Crippen molar-refractivity contribution < 1.29 is 14.3 Å². The molecule has 1 saturated heterocycles. The fraction of sp³-hybridized carbons (Fsp3) is 0.333. The Morgan fingerprint density at radius 1 is 1.19 bits per heavy atom. The van der Waals surface area contributed by atoms with Gasteiger partial charge in [0.25, 0.3) is 0 Å². The van der Waals surface area contributed by atoms with Crippen LogP contribution >= 0.6 is 0 Å². The van der Waals surface area contributed by atoms with Crippen LogP contribution < -0.4 is 15.0 Å². The largest absolute Gasteiger partial charge is 0.496 e. The van der Waals surface area contributed by atoms with Gasteiger partial charge in [-0.1, -0.05) is 30.3 Å². The van der Waals surface area contributed by atoms with E-state index in [2.05, 4.69) is 5.32 Å². The van der Waals surface area contributed by atoms with E-state index in [1.54, 1.807) is 12.0 Å². The topological polar surface area (TPSA) is 58.6 Å². The predicted molar refractivity (Wildman–Crippen MR) is 101 cm³/mol. The molecule has 1 atom stereocenters. The van der Waals surface area contributed by atoms with Crippen LogP contribution in [-0.4, -0.2) is 25.5 Å². The lowest BCUT2D eigenvalue weighted by atomic mass is 10.1. The normalized spacial score (nSPS) is 16.7. The Morgan fingerprint density at radius 2 is 1.96 bits per heavy atom. The summed E-state index contributed by atoms with van der Waals surface area (Å²) in [5, 5.41) is 2.94. The molecule has 1 aliphatic heterocycles. The molecule has 1 N–H and O–H groups in total. The number of rotatable bonds is 5. The molecule has 2 aromatic carbocycles. The summed E-state index contributed by atoms with van der Waals surface area (Å²) in [4.78, 5) is 26.7. The Morgan fingerprint density at radius 3 is 2.73 bits per heavy atom. The molecular formula is C21H24N2O3. The molecule has 0 saturated carbocycles. The summed E-state index contributed by atoms with van der Waals surface area (Å²) in [5.41, 5.74) is 4.03. The molecule has 3 rings (SSSR count). The first-order valence-corrected chi connectivity index (χ1v) is 8.77. The number of amides is 2. The molecule has 0 aliphatic carbocycles. The second-order valence-electron chi connectivity index (χ2n) is 6.65. The number of methoxy groups -OCH3 is 1. The number of ether oxygens (including phenoxy) is 1. The highest BCUT2D eigenvalue weighted by molar-refractivity contribution is 6.00. The average molecular weight is 352 g/mol. The lowest BCUT2D eigenvalue weighted by molar-refractivity contribution is -0.126. The number of nitrogens with one attached hydrogen (secondary N) is 1. The van der Waals surface area contributed by atoms with Crippen LogP contribution in [0.2, 0.25) is 0 Å². The average Bonchev–Trinajstić information content (AvgIpc) is 3.04. The lowest BCUT2D eigenvalue weighted by Crippen LogP contribution is -2.32. The quantitative estimate of drug-likeness (QED) is 0.900. The molecule has 0 aromatic heterocycles. The molecule has 136 valence electrons. The Kier molecular flexibility index (Phi) is 5.26. The van der Waals surface area contributed by atoms with Crippen molar-refractivity contribution in [2.24, 2.45) is 5.92 Å². The molecule has 1 heterocycles. The van der Waals surface area contributed by atoms with E-state index in [-0.39, 0.29) is 24.2 Å². The Hall–Kier alpha value is -2.82. The fourth-order valence-corrected chi connectivity index (χ4v) is 3.32. The number of para-hydroxylation sites is 1. The Labute approximate surface area is 154 Å². The molecule has 0 radical (unpaired) electrons. The SMILES string of the molecule is COc1ccccc1CNC(=O)[C@H]1CC(=O)N(c2cccc(C)c2C)C1. The van der Waals surface area contributed by atoms with Crippen molar-refractivity contribution in [3.63, 3.8) is 0 Å². The van der Waals surface area contributed by atoms with E-state index in [4.69, 9.17) is 4.74 Å². The van der Waals surface area contributed by atoms with Crippen LogP contribution in [0.1, 0.15) is 23.1 Å². The molecular weight excluding hydrogens is 328 g/mol. The maximum Gasteiger partial charge on any atom is 0.227 e. The number of carbonyl (C=O) groups excluding carboxylic acids is 2. The van der Waals surface area contributed by atoms with Gasteiger partial charge in [-0.2, -0.15) is 0 Å². The van der Waals surface area contributed by atoms with Gasteiger partial charge in [0.1, 0.15) is 5.75 Å². The fourth-order valence-electron chi connectivity index (χ4n) is 3.32. The molecule has 1 aliphatic rings. The third kappa shape index (κ3) is 3.57. The predicted octanol–water partition coefficient (Wildman–Crippen LogP) is 2.98. The van der Waals surface area contributed by atoms with Gasteiger partial charge >= 0.3 is 0 Å². The van der Waals surface area contributed by atoms with Crippen LogP contribution in [0.5, 0.6) is 5.75 Å². The molecule has 0 unspecified atom stereocenters. The van der Waals surface area contributed by atoms with Gasteiger partial charge < -0.3 is 15.0 Å². The van der Waals surface area contributed by atoms with E-state index in [0.717, 1.165) is 28.1 Å². The van der Waals surface area contributed by atoms with Gasteiger partial charge in [-0.25, -0.2) is 0 Å². The summed E-state index contributed by atoms with van der Waals surface area (Å²) >= 11 is 0. The number of benzene rings is 2. The molecule has 1 fully saturated rings. The third-order valence-corrected chi connectivity index (χ3v) is 5.01. The highest BCUT2D eigenvalue weighted by atomic mass is 16.5. The summed E-state index contributed by atoms with van der Waals surface area (Å²) in [6.45, 7) is 4.84. The van der Waals surface area contributed by atoms with Crippen LogP contribution in [0.25, 0.3) is 0 Å². The molecule has 26 heavy (non-hydrogen) atoms. The van der Waals surface area contributed by atoms with Crippen molar-refractivity contribution in [1.82, 2.24) is 5.32 Å². The summed E-state index contributed by atoms with van der Waals surface area (Å²) in [7, 11) is 1.61. The van der Waals surface area contributed by atoms with E-state index >= 15 is 0 Å².